The molecule has 0 bridgehead atoms. The van der Waals surface area contributed by atoms with Gasteiger partial charge in [0.15, 0.2) is 11.4 Å². The minimum atomic E-state index is -0.530. The first kappa shape index (κ1) is 12.9. The smallest absolute Gasteiger partial charge is 0.339 e. The summed E-state index contributed by atoms with van der Waals surface area (Å²) in [6, 6.07) is 3.62. The lowest BCUT2D eigenvalue weighted by Gasteiger charge is -2.31. The zero-order valence-electron chi connectivity index (χ0n) is 12.0. The van der Waals surface area contributed by atoms with E-state index in [2.05, 4.69) is 0 Å². The molecule has 1 aromatic carbocycles. The summed E-state index contributed by atoms with van der Waals surface area (Å²) in [6.45, 7) is 7.32. The van der Waals surface area contributed by atoms with Gasteiger partial charge in [0.05, 0.1) is 6.42 Å². The summed E-state index contributed by atoms with van der Waals surface area (Å²) < 4.78 is 11.2. The van der Waals surface area contributed by atoms with Gasteiger partial charge in [-0.15, -0.1) is 0 Å². The number of ether oxygens (including phenoxy) is 1. The first-order valence-electron chi connectivity index (χ1n) is 6.59. The summed E-state index contributed by atoms with van der Waals surface area (Å²) in [5.74, 6) is 0.443. The Labute approximate surface area is 116 Å². The fraction of sp³-hybridized carbons (Fsp3) is 0.375. The average Bonchev–Trinajstić information content (AvgIpc) is 2.33. The summed E-state index contributed by atoms with van der Waals surface area (Å²) in [6.07, 6.45) is 0.274. The lowest BCUT2D eigenvalue weighted by atomic mass is 9.91. The molecule has 104 valence electrons. The third-order valence-corrected chi connectivity index (χ3v) is 3.84. The maximum Gasteiger partial charge on any atom is 0.339 e. The standard InChI is InChI=1S/C16H16O4/c1-8-9(2)15(18)19-14-10(8)5-6-12-13(14)11(17)7-16(3,4)20-12/h5-6H,7H2,1-4H3. The van der Waals surface area contributed by atoms with E-state index in [1.165, 1.54) is 0 Å². The Hall–Kier alpha value is -2.10. The number of carbonyl (C=O) groups excluding carboxylic acids is 1. The molecule has 0 unspecified atom stereocenters. The molecule has 0 aliphatic carbocycles. The van der Waals surface area contributed by atoms with Crippen LogP contribution in [0.2, 0.25) is 0 Å². The Morgan fingerprint density at radius 1 is 1.10 bits per heavy atom. The molecule has 1 aromatic heterocycles. The van der Waals surface area contributed by atoms with Crippen molar-refractivity contribution >= 4 is 16.8 Å². The van der Waals surface area contributed by atoms with Gasteiger partial charge in [-0.3, -0.25) is 4.79 Å². The number of fused-ring (bicyclic) bond motifs is 3. The Bertz CT molecular complexity index is 796. The predicted molar refractivity (Wildman–Crippen MR) is 75.6 cm³/mol. The highest BCUT2D eigenvalue weighted by Crippen LogP contribution is 2.38. The second-order valence-corrected chi connectivity index (χ2v) is 5.92. The van der Waals surface area contributed by atoms with Crippen LogP contribution >= 0.6 is 0 Å². The molecule has 0 fully saturated rings. The molecular weight excluding hydrogens is 256 g/mol. The lowest BCUT2D eigenvalue weighted by molar-refractivity contribution is 0.0621. The number of hydrogen-bond acceptors (Lipinski definition) is 4. The molecule has 1 aliphatic rings. The van der Waals surface area contributed by atoms with Crippen molar-refractivity contribution in [3.05, 3.63) is 39.2 Å². The molecule has 0 spiro atoms. The molecule has 4 nitrogen and oxygen atoms in total. The summed E-state index contributed by atoms with van der Waals surface area (Å²) in [7, 11) is 0. The fourth-order valence-corrected chi connectivity index (χ4v) is 2.65. The van der Waals surface area contributed by atoms with Crippen LogP contribution in [-0.4, -0.2) is 11.4 Å². The molecule has 0 amide bonds. The topological polar surface area (TPSA) is 56.5 Å². The van der Waals surface area contributed by atoms with E-state index in [4.69, 9.17) is 9.15 Å². The summed E-state index contributed by atoms with van der Waals surface area (Å²) in [4.78, 5) is 24.2. The largest absolute Gasteiger partial charge is 0.486 e. The third kappa shape index (κ3) is 1.75. The number of rotatable bonds is 0. The van der Waals surface area contributed by atoms with Gasteiger partial charge in [-0.05, 0) is 45.4 Å². The van der Waals surface area contributed by atoms with Crippen LogP contribution < -0.4 is 10.4 Å². The van der Waals surface area contributed by atoms with E-state index >= 15 is 0 Å². The van der Waals surface area contributed by atoms with Crippen LogP contribution in [0.3, 0.4) is 0 Å². The van der Waals surface area contributed by atoms with Crippen molar-refractivity contribution in [1.82, 2.24) is 0 Å². The van der Waals surface area contributed by atoms with Gasteiger partial charge in [-0.1, -0.05) is 0 Å². The van der Waals surface area contributed by atoms with Gasteiger partial charge in [0.2, 0.25) is 0 Å². The molecular formula is C16H16O4. The molecule has 3 rings (SSSR count). The third-order valence-electron chi connectivity index (χ3n) is 3.84. The first-order valence-corrected chi connectivity index (χ1v) is 6.59. The molecule has 0 radical (unpaired) electrons. The van der Waals surface area contributed by atoms with Crippen LogP contribution in [0.25, 0.3) is 11.0 Å². The van der Waals surface area contributed by atoms with Crippen LogP contribution in [0.1, 0.15) is 41.8 Å². The Kier molecular flexibility index (Phi) is 2.55. The van der Waals surface area contributed by atoms with E-state index in [1.807, 2.05) is 26.8 Å². The van der Waals surface area contributed by atoms with E-state index < -0.39 is 11.2 Å². The van der Waals surface area contributed by atoms with Crippen LogP contribution in [0.4, 0.5) is 0 Å². The van der Waals surface area contributed by atoms with Crippen molar-refractivity contribution in [2.75, 3.05) is 0 Å². The molecule has 2 aromatic rings. The highest BCUT2D eigenvalue weighted by molar-refractivity contribution is 6.10. The van der Waals surface area contributed by atoms with Crippen molar-refractivity contribution in [2.24, 2.45) is 0 Å². The lowest BCUT2D eigenvalue weighted by Crippen LogP contribution is -2.36. The number of Topliss-reactive ketones (excluding diaryl/α,β-unsaturated/α-hetero) is 1. The minimum absolute atomic E-state index is 0.0479. The van der Waals surface area contributed by atoms with Crippen LogP contribution in [-0.2, 0) is 0 Å². The highest BCUT2D eigenvalue weighted by atomic mass is 16.5. The van der Waals surface area contributed by atoms with E-state index in [1.54, 1.807) is 13.0 Å². The summed E-state index contributed by atoms with van der Waals surface area (Å²) in [5, 5.41) is 0.789. The molecule has 2 heterocycles. The number of carbonyl (C=O) groups is 1. The second-order valence-electron chi connectivity index (χ2n) is 5.92. The van der Waals surface area contributed by atoms with Crippen molar-refractivity contribution in [3.8, 4) is 5.75 Å². The Morgan fingerprint density at radius 3 is 2.50 bits per heavy atom. The minimum Gasteiger partial charge on any atom is -0.486 e. The number of benzene rings is 1. The van der Waals surface area contributed by atoms with Crippen molar-refractivity contribution in [1.29, 1.82) is 0 Å². The maximum atomic E-state index is 12.4. The van der Waals surface area contributed by atoms with Gasteiger partial charge in [0, 0.05) is 10.9 Å². The van der Waals surface area contributed by atoms with Crippen molar-refractivity contribution in [2.45, 2.75) is 39.7 Å². The van der Waals surface area contributed by atoms with Gasteiger partial charge in [0.1, 0.15) is 16.9 Å². The summed E-state index contributed by atoms with van der Waals surface area (Å²) >= 11 is 0. The SMILES string of the molecule is Cc1c(C)c2ccc3c(c2oc1=O)C(=O)CC(C)(C)O3. The summed E-state index contributed by atoms with van der Waals surface area (Å²) in [5.41, 5.74) is 1.22. The van der Waals surface area contributed by atoms with Crippen LogP contribution in [0, 0.1) is 13.8 Å². The zero-order chi connectivity index (χ0) is 14.7. The Morgan fingerprint density at radius 2 is 1.80 bits per heavy atom. The van der Waals surface area contributed by atoms with Gasteiger partial charge in [-0.2, -0.15) is 0 Å². The second kappa shape index (κ2) is 3.95. The van der Waals surface area contributed by atoms with Gasteiger partial charge >= 0.3 is 5.63 Å². The number of aryl methyl sites for hydroxylation is 1. The monoisotopic (exact) mass is 272 g/mol. The average molecular weight is 272 g/mol. The molecule has 0 saturated heterocycles. The molecule has 0 saturated carbocycles. The molecule has 0 N–H and O–H groups in total. The van der Waals surface area contributed by atoms with Crippen molar-refractivity contribution in [3.63, 3.8) is 0 Å². The first-order chi connectivity index (χ1) is 9.30. The molecule has 4 heteroatoms. The molecule has 0 atom stereocenters. The van der Waals surface area contributed by atoms with E-state index in [-0.39, 0.29) is 12.2 Å². The van der Waals surface area contributed by atoms with Gasteiger partial charge in [-0.25, -0.2) is 4.79 Å². The fourth-order valence-electron chi connectivity index (χ4n) is 2.65. The van der Waals surface area contributed by atoms with E-state index in [9.17, 15) is 9.59 Å². The molecule has 20 heavy (non-hydrogen) atoms. The maximum absolute atomic E-state index is 12.4. The zero-order valence-corrected chi connectivity index (χ0v) is 12.0. The van der Waals surface area contributed by atoms with Gasteiger partial charge < -0.3 is 9.15 Å². The number of hydrogen-bond donors (Lipinski definition) is 0. The van der Waals surface area contributed by atoms with E-state index in [0.717, 1.165) is 10.9 Å². The Balaban J connectivity index is 2.41. The normalized spacial score (nSPS) is 16.9. The van der Waals surface area contributed by atoms with Crippen molar-refractivity contribution < 1.29 is 13.9 Å². The van der Waals surface area contributed by atoms with Crippen LogP contribution in [0.15, 0.2) is 21.3 Å². The molecule has 1 aliphatic heterocycles. The van der Waals surface area contributed by atoms with Crippen LogP contribution in [0.5, 0.6) is 5.75 Å². The highest BCUT2D eigenvalue weighted by Gasteiger charge is 2.34. The number of ketones is 1. The predicted octanol–water partition coefficient (Wildman–Crippen LogP) is 3.15. The quantitative estimate of drug-likeness (QED) is 0.691. The van der Waals surface area contributed by atoms with Gasteiger partial charge in [0.25, 0.3) is 0 Å². The van der Waals surface area contributed by atoms with E-state index in [0.29, 0.717) is 22.5 Å².